The molecule has 0 aliphatic rings. The zero-order valence-electron chi connectivity index (χ0n) is 13.8. The Bertz CT molecular complexity index is 1090. The van der Waals surface area contributed by atoms with Gasteiger partial charge in [-0.2, -0.15) is 0 Å². The van der Waals surface area contributed by atoms with Crippen molar-refractivity contribution in [1.82, 2.24) is 19.5 Å². The second-order valence-corrected chi connectivity index (χ2v) is 6.01. The van der Waals surface area contributed by atoms with Crippen molar-refractivity contribution in [3.05, 3.63) is 72.0 Å². The fourth-order valence-electron chi connectivity index (χ4n) is 2.84. The highest BCUT2D eigenvalue weighted by Gasteiger charge is 2.19. The van der Waals surface area contributed by atoms with Gasteiger partial charge in [-0.25, -0.2) is 15.0 Å². The van der Waals surface area contributed by atoms with E-state index in [0.29, 0.717) is 16.2 Å². The lowest BCUT2D eigenvalue weighted by atomic mass is 10.0. The topological polar surface area (TPSA) is 72.7 Å². The summed E-state index contributed by atoms with van der Waals surface area (Å²) in [6.07, 6.45) is 4.54. The van der Waals surface area contributed by atoms with E-state index in [2.05, 4.69) is 20.3 Å². The van der Waals surface area contributed by atoms with Gasteiger partial charge in [-0.1, -0.05) is 41.9 Å². The summed E-state index contributed by atoms with van der Waals surface area (Å²) in [5, 5.41) is 4.45. The van der Waals surface area contributed by atoms with Crippen LogP contribution in [0.15, 0.2) is 61.2 Å². The zero-order chi connectivity index (χ0) is 18.1. The molecule has 0 spiro atoms. The molecule has 0 aliphatic heterocycles. The molecule has 2 aromatic heterocycles. The van der Waals surface area contributed by atoms with Gasteiger partial charge >= 0.3 is 5.91 Å². The van der Waals surface area contributed by atoms with E-state index in [1.807, 2.05) is 30.3 Å². The van der Waals surface area contributed by atoms with Gasteiger partial charge in [0.05, 0.1) is 27.3 Å². The number of anilines is 1. The molecule has 0 amide bonds. The second-order valence-electron chi connectivity index (χ2n) is 5.60. The third-order valence-corrected chi connectivity index (χ3v) is 4.36. The van der Waals surface area contributed by atoms with Crippen LogP contribution in [-0.4, -0.2) is 32.5 Å². The Labute approximate surface area is 154 Å². The van der Waals surface area contributed by atoms with Crippen LogP contribution in [0.25, 0.3) is 22.2 Å². The Morgan fingerprint density at radius 2 is 1.92 bits per heavy atom. The van der Waals surface area contributed by atoms with E-state index in [4.69, 9.17) is 11.6 Å². The van der Waals surface area contributed by atoms with Gasteiger partial charge in [0.2, 0.25) is 5.82 Å². The summed E-state index contributed by atoms with van der Waals surface area (Å²) in [4.78, 5) is 25.7. The van der Waals surface area contributed by atoms with Gasteiger partial charge in [0.1, 0.15) is 6.33 Å². The van der Waals surface area contributed by atoms with Crippen LogP contribution in [0.5, 0.6) is 0 Å². The molecular weight excluding hydrogens is 350 g/mol. The highest BCUT2D eigenvalue weighted by atomic mass is 35.5. The van der Waals surface area contributed by atoms with E-state index in [1.165, 1.54) is 17.1 Å². The van der Waals surface area contributed by atoms with Gasteiger partial charge < -0.3 is 5.32 Å². The molecule has 0 unspecified atom stereocenters. The minimum atomic E-state index is -0.345. The minimum Gasteiger partial charge on any atom is -0.386 e. The number of hydrogen-bond donors (Lipinski definition) is 1. The average Bonchev–Trinajstić information content (AvgIpc) is 3.22. The number of halogens is 1. The fraction of sp³-hybridized carbons (Fsp3) is 0.0526. The number of rotatable bonds is 3. The van der Waals surface area contributed by atoms with E-state index in [-0.39, 0.29) is 11.7 Å². The minimum absolute atomic E-state index is 0.0960. The number of imidazole rings is 1. The molecule has 0 aliphatic carbocycles. The van der Waals surface area contributed by atoms with Crippen molar-refractivity contribution in [3.8, 4) is 11.3 Å². The van der Waals surface area contributed by atoms with E-state index in [9.17, 15) is 4.79 Å². The second kappa shape index (κ2) is 6.57. The number of fused-ring (bicyclic) bond motifs is 1. The molecule has 0 bridgehead atoms. The van der Waals surface area contributed by atoms with Gasteiger partial charge in [0.15, 0.2) is 0 Å². The van der Waals surface area contributed by atoms with Crippen LogP contribution in [0.2, 0.25) is 5.02 Å². The molecule has 128 valence electrons. The first-order chi connectivity index (χ1) is 12.7. The molecule has 1 N–H and O–H groups in total. The first-order valence-electron chi connectivity index (χ1n) is 7.95. The lowest BCUT2D eigenvalue weighted by Crippen LogP contribution is -2.15. The monoisotopic (exact) mass is 363 g/mol. The Kier molecular flexibility index (Phi) is 4.10. The molecule has 4 aromatic rings. The molecular formula is C19H14ClN5O. The van der Waals surface area contributed by atoms with Crippen LogP contribution in [0, 0.1) is 0 Å². The van der Waals surface area contributed by atoms with E-state index in [0.717, 1.165) is 16.6 Å². The van der Waals surface area contributed by atoms with Crippen molar-refractivity contribution >= 4 is 34.1 Å². The molecule has 0 saturated carbocycles. The third kappa shape index (κ3) is 2.70. The number of carbonyl (C=O) groups is 1. The maximum absolute atomic E-state index is 12.7. The molecule has 0 saturated heterocycles. The summed E-state index contributed by atoms with van der Waals surface area (Å²) in [5.41, 5.74) is 2.88. The number of carbonyl (C=O) groups excluding carboxylic acids is 1. The highest BCUT2D eigenvalue weighted by molar-refractivity contribution is 6.35. The lowest BCUT2D eigenvalue weighted by Gasteiger charge is -2.13. The zero-order valence-corrected chi connectivity index (χ0v) is 14.6. The van der Waals surface area contributed by atoms with Gasteiger partial charge in [-0.3, -0.25) is 9.36 Å². The van der Waals surface area contributed by atoms with Crippen molar-refractivity contribution < 1.29 is 4.79 Å². The summed E-state index contributed by atoms with van der Waals surface area (Å²) in [6.45, 7) is 0. The SMILES string of the molecule is CNc1c(Cl)ccc2nc(C(=O)n3ccnc3)nc(-c3ccccc3)c12. The Balaban J connectivity index is 2.04. The van der Waals surface area contributed by atoms with Gasteiger partial charge in [-0.15, -0.1) is 0 Å². The van der Waals surface area contributed by atoms with Crippen LogP contribution >= 0.6 is 11.6 Å². The summed E-state index contributed by atoms with van der Waals surface area (Å²) < 4.78 is 1.35. The van der Waals surface area contributed by atoms with Crippen molar-refractivity contribution in [3.63, 3.8) is 0 Å². The van der Waals surface area contributed by atoms with Crippen molar-refractivity contribution in [2.24, 2.45) is 0 Å². The predicted octanol–water partition coefficient (Wildman–Crippen LogP) is 3.88. The maximum atomic E-state index is 12.7. The van der Waals surface area contributed by atoms with E-state index >= 15 is 0 Å². The highest BCUT2D eigenvalue weighted by Crippen LogP contribution is 2.36. The Morgan fingerprint density at radius 3 is 2.62 bits per heavy atom. The van der Waals surface area contributed by atoms with Crippen LogP contribution in [-0.2, 0) is 0 Å². The van der Waals surface area contributed by atoms with E-state index in [1.54, 1.807) is 25.4 Å². The lowest BCUT2D eigenvalue weighted by molar-refractivity contribution is 0.0950. The Hall–Kier alpha value is -3.25. The number of nitrogens with one attached hydrogen (secondary N) is 1. The summed E-state index contributed by atoms with van der Waals surface area (Å²) in [5.74, 6) is -0.249. The molecule has 0 radical (unpaired) electrons. The van der Waals surface area contributed by atoms with Gasteiger partial charge in [-0.05, 0) is 12.1 Å². The van der Waals surface area contributed by atoms with Crippen molar-refractivity contribution in [2.45, 2.75) is 0 Å². The molecule has 2 aromatic carbocycles. The average molecular weight is 364 g/mol. The molecule has 4 rings (SSSR count). The summed E-state index contributed by atoms with van der Waals surface area (Å²) in [6, 6.07) is 13.2. The molecule has 0 atom stereocenters. The smallest absolute Gasteiger partial charge is 0.300 e. The molecule has 26 heavy (non-hydrogen) atoms. The summed E-state index contributed by atoms with van der Waals surface area (Å²) >= 11 is 6.35. The normalized spacial score (nSPS) is 10.8. The third-order valence-electron chi connectivity index (χ3n) is 4.04. The van der Waals surface area contributed by atoms with E-state index < -0.39 is 0 Å². The first kappa shape index (κ1) is 16.2. The number of benzene rings is 2. The standard InChI is InChI=1S/C19H14ClN5O/c1-21-17-13(20)7-8-14-15(17)16(12-5-3-2-4-6-12)24-18(23-14)19(26)25-10-9-22-11-25/h2-11,21H,1H3. The number of hydrogen-bond acceptors (Lipinski definition) is 5. The van der Waals surface area contributed by atoms with Crippen LogP contribution in [0.3, 0.4) is 0 Å². The van der Waals surface area contributed by atoms with Gasteiger partial charge in [0, 0.05) is 25.0 Å². The largest absolute Gasteiger partial charge is 0.386 e. The number of aromatic nitrogens is 4. The summed E-state index contributed by atoms with van der Waals surface area (Å²) in [7, 11) is 1.79. The van der Waals surface area contributed by atoms with Gasteiger partial charge in [0.25, 0.3) is 0 Å². The Morgan fingerprint density at radius 1 is 1.12 bits per heavy atom. The van der Waals surface area contributed by atoms with Crippen LogP contribution in [0.1, 0.15) is 10.6 Å². The molecule has 7 heteroatoms. The van der Waals surface area contributed by atoms with Crippen LogP contribution in [0.4, 0.5) is 5.69 Å². The molecule has 2 heterocycles. The first-order valence-corrected chi connectivity index (χ1v) is 8.33. The van der Waals surface area contributed by atoms with Crippen molar-refractivity contribution in [2.75, 3.05) is 12.4 Å². The molecule has 6 nitrogen and oxygen atoms in total. The van der Waals surface area contributed by atoms with Crippen LogP contribution < -0.4 is 5.32 Å². The fourth-order valence-corrected chi connectivity index (χ4v) is 3.09. The predicted molar refractivity (Wildman–Crippen MR) is 101 cm³/mol. The maximum Gasteiger partial charge on any atom is 0.300 e. The number of nitrogens with zero attached hydrogens (tertiary/aromatic N) is 4. The van der Waals surface area contributed by atoms with Crippen molar-refractivity contribution in [1.29, 1.82) is 0 Å². The molecule has 0 fully saturated rings. The quantitative estimate of drug-likeness (QED) is 0.598.